The van der Waals surface area contributed by atoms with Crippen molar-refractivity contribution < 1.29 is 11.0 Å². The Bertz CT molecular complexity index is 1020. The smallest absolute Gasteiger partial charge is 0.254 e. The molecule has 0 bridgehead atoms. The molecule has 3 aromatic rings. The third-order valence-electron chi connectivity index (χ3n) is 6.17. The number of imidazole rings is 1. The van der Waals surface area contributed by atoms with Gasteiger partial charge < -0.3 is 14.6 Å². The van der Waals surface area contributed by atoms with Crippen molar-refractivity contribution in [3.63, 3.8) is 0 Å². The van der Waals surface area contributed by atoms with Crippen LogP contribution in [0.5, 0.6) is 5.75 Å². The van der Waals surface area contributed by atoms with Gasteiger partial charge in [0.15, 0.2) is 0 Å². The number of aryl methyl sites for hydroxylation is 1. The Morgan fingerprint density at radius 2 is 2.19 bits per heavy atom. The lowest BCUT2D eigenvalue weighted by atomic mass is 9.74. The summed E-state index contributed by atoms with van der Waals surface area (Å²) in [6.45, 7) is 0.840. The van der Waals surface area contributed by atoms with Crippen LogP contribution in [0.15, 0.2) is 42.7 Å². The Morgan fingerprint density at radius 3 is 3.07 bits per heavy atom. The molecule has 2 aromatic carbocycles. The molecular formula is C22H25N3O2. The average Bonchev–Trinajstić information content (AvgIpc) is 3.20. The van der Waals surface area contributed by atoms with E-state index in [2.05, 4.69) is 27.0 Å². The van der Waals surface area contributed by atoms with Crippen molar-refractivity contribution in [3.8, 4) is 5.75 Å². The van der Waals surface area contributed by atoms with Crippen molar-refractivity contribution in [1.82, 2.24) is 14.9 Å². The third-order valence-corrected chi connectivity index (χ3v) is 6.17. The highest BCUT2D eigenvalue weighted by Gasteiger charge is 2.38. The molecular weight excluding hydrogens is 338 g/mol. The summed E-state index contributed by atoms with van der Waals surface area (Å²) in [5.41, 5.74) is 5.32. The molecule has 1 saturated heterocycles. The second-order valence-corrected chi connectivity index (χ2v) is 7.55. The highest BCUT2D eigenvalue weighted by molar-refractivity contribution is 5.97. The van der Waals surface area contributed by atoms with E-state index in [-0.39, 0.29) is 13.4 Å². The normalized spacial score (nSPS) is 21.6. The van der Waals surface area contributed by atoms with Gasteiger partial charge in [-0.15, -0.1) is 0 Å². The Labute approximate surface area is 159 Å². The summed E-state index contributed by atoms with van der Waals surface area (Å²) < 4.78 is 5.39. The fraction of sp³-hybridized carbons (Fsp3) is 0.364. The standard InChI is InChI=1S/C22H23N3O2.H2/c1-27-16-6-7-17-14(11-16)5-9-21-18(17)3-2-10-25(21)22(26)15-4-8-19-20(12-15)24-13-23-19;/h4,6-8,11-13,18,21H,2-3,5,9-10H2,1H3,(H,23,24);1H. The minimum Gasteiger partial charge on any atom is -0.497 e. The van der Waals surface area contributed by atoms with Gasteiger partial charge in [0, 0.05) is 25.5 Å². The van der Waals surface area contributed by atoms with Crippen molar-refractivity contribution in [2.45, 2.75) is 37.6 Å². The molecule has 0 spiro atoms. The average molecular weight is 363 g/mol. The van der Waals surface area contributed by atoms with E-state index in [9.17, 15) is 4.79 Å². The fourth-order valence-corrected chi connectivity index (χ4v) is 4.85. The van der Waals surface area contributed by atoms with Gasteiger partial charge in [-0.25, -0.2) is 4.98 Å². The number of methoxy groups -OCH3 is 1. The van der Waals surface area contributed by atoms with Crippen molar-refractivity contribution in [2.75, 3.05) is 13.7 Å². The number of ether oxygens (including phenoxy) is 1. The predicted octanol–water partition coefficient (Wildman–Crippen LogP) is 4.15. The number of hydrogen-bond acceptors (Lipinski definition) is 3. The van der Waals surface area contributed by atoms with Gasteiger partial charge in [0.05, 0.1) is 24.5 Å². The Morgan fingerprint density at radius 1 is 1.26 bits per heavy atom. The third kappa shape index (κ3) is 2.69. The first-order chi connectivity index (χ1) is 13.2. The van der Waals surface area contributed by atoms with E-state index in [0.29, 0.717) is 5.92 Å². The zero-order chi connectivity index (χ0) is 18.4. The molecule has 2 heterocycles. The Hall–Kier alpha value is -2.82. The van der Waals surface area contributed by atoms with Gasteiger partial charge in [0.25, 0.3) is 5.91 Å². The van der Waals surface area contributed by atoms with E-state index in [0.717, 1.165) is 54.6 Å². The molecule has 1 amide bonds. The first-order valence-electron chi connectivity index (χ1n) is 9.65. The van der Waals surface area contributed by atoms with Crippen molar-refractivity contribution in [2.24, 2.45) is 0 Å². The van der Waals surface area contributed by atoms with Gasteiger partial charge in [-0.1, -0.05) is 6.07 Å². The maximum Gasteiger partial charge on any atom is 0.254 e. The molecule has 1 aliphatic heterocycles. The van der Waals surface area contributed by atoms with Crippen LogP contribution in [0.3, 0.4) is 0 Å². The largest absolute Gasteiger partial charge is 0.497 e. The monoisotopic (exact) mass is 363 g/mol. The number of aromatic amines is 1. The van der Waals surface area contributed by atoms with Crippen LogP contribution < -0.4 is 4.74 Å². The minimum absolute atomic E-state index is 0. The Balaban J connectivity index is 0.00000192. The fourth-order valence-electron chi connectivity index (χ4n) is 4.85. The van der Waals surface area contributed by atoms with Crippen LogP contribution in [0.25, 0.3) is 11.0 Å². The molecule has 1 aliphatic carbocycles. The number of fused-ring (bicyclic) bond motifs is 4. The molecule has 0 radical (unpaired) electrons. The van der Waals surface area contributed by atoms with Gasteiger partial charge in [0.1, 0.15) is 5.75 Å². The van der Waals surface area contributed by atoms with Crippen molar-refractivity contribution in [1.29, 1.82) is 0 Å². The molecule has 1 fully saturated rings. The Kier molecular flexibility index (Phi) is 3.88. The van der Waals surface area contributed by atoms with E-state index >= 15 is 0 Å². The summed E-state index contributed by atoms with van der Waals surface area (Å²) >= 11 is 0. The molecule has 5 rings (SSSR count). The number of carbonyl (C=O) groups excluding carboxylic acids is 1. The van der Waals surface area contributed by atoms with Gasteiger partial charge >= 0.3 is 0 Å². The van der Waals surface area contributed by atoms with Crippen LogP contribution in [-0.4, -0.2) is 40.5 Å². The molecule has 2 aliphatic rings. The number of aromatic nitrogens is 2. The second-order valence-electron chi connectivity index (χ2n) is 7.55. The first kappa shape index (κ1) is 16.4. The second kappa shape index (κ2) is 6.41. The number of H-pyrrole nitrogens is 1. The lowest BCUT2D eigenvalue weighted by Gasteiger charge is -2.45. The van der Waals surface area contributed by atoms with Gasteiger partial charge in [-0.2, -0.15) is 0 Å². The number of rotatable bonds is 2. The lowest BCUT2D eigenvalue weighted by molar-refractivity contribution is 0.0547. The number of amides is 1. The molecule has 5 nitrogen and oxygen atoms in total. The van der Waals surface area contributed by atoms with Gasteiger partial charge in [-0.3, -0.25) is 4.79 Å². The molecule has 1 N–H and O–H groups in total. The summed E-state index contributed by atoms with van der Waals surface area (Å²) in [6, 6.07) is 12.4. The highest BCUT2D eigenvalue weighted by atomic mass is 16.5. The van der Waals surface area contributed by atoms with Crippen molar-refractivity contribution in [3.05, 3.63) is 59.4 Å². The number of carbonyl (C=O) groups is 1. The summed E-state index contributed by atoms with van der Waals surface area (Å²) in [5.74, 6) is 1.48. The van der Waals surface area contributed by atoms with Crippen LogP contribution in [0.1, 0.15) is 48.1 Å². The first-order valence-corrected chi connectivity index (χ1v) is 9.65. The summed E-state index contributed by atoms with van der Waals surface area (Å²) in [5, 5.41) is 0. The van der Waals surface area contributed by atoms with Crippen LogP contribution in [0.4, 0.5) is 0 Å². The topological polar surface area (TPSA) is 58.2 Å². The number of nitrogens with one attached hydrogen (secondary N) is 1. The number of piperidine rings is 1. The van der Waals surface area contributed by atoms with Crippen LogP contribution >= 0.6 is 0 Å². The zero-order valence-electron chi connectivity index (χ0n) is 15.4. The highest BCUT2D eigenvalue weighted by Crippen LogP contribution is 2.42. The SMILES string of the molecule is COc1ccc2c(c1)CCC1C2CCCN1C(=O)c1ccc2nc[nH]c2c1.[HH]. The summed E-state index contributed by atoms with van der Waals surface area (Å²) in [7, 11) is 1.71. The molecule has 0 saturated carbocycles. The predicted molar refractivity (Wildman–Crippen MR) is 106 cm³/mol. The number of nitrogens with zero attached hydrogens (tertiary/aromatic N) is 2. The molecule has 5 heteroatoms. The van der Waals surface area contributed by atoms with E-state index in [1.165, 1.54) is 11.1 Å². The zero-order valence-corrected chi connectivity index (χ0v) is 15.4. The van der Waals surface area contributed by atoms with Crippen LogP contribution in [-0.2, 0) is 6.42 Å². The van der Waals surface area contributed by atoms with Crippen LogP contribution in [0, 0.1) is 0 Å². The molecule has 27 heavy (non-hydrogen) atoms. The quantitative estimate of drug-likeness (QED) is 0.744. The minimum atomic E-state index is 0. The van der Waals surface area contributed by atoms with Gasteiger partial charge in [0.2, 0.25) is 0 Å². The summed E-state index contributed by atoms with van der Waals surface area (Å²) in [6.07, 6.45) is 5.88. The van der Waals surface area contributed by atoms with Gasteiger partial charge in [-0.05, 0) is 67.1 Å². The van der Waals surface area contributed by atoms with E-state index in [1.54, 1.807) is 13.4 Å². The molecule has 2 unspecified atom stereocenters. The van der Waals surface area contributed by atoms with E-state index in [4.69, 9.17) is 4.74 Å². The lowest BCUT2D eigenvalue weighted by Crippen LogP contribution is -2.49. The summed E-state index contributed by atoms with van der Waals surface area (Å²) in [4.78, 5) is 22.8. The molecule has 140 valence electrons. The number of hydrogen-bond donors (Lipinski definition) is 1. The maximum atomic E-state index is 13.3. The maximum absolute atomic E-state index is 13.3. The van der Waals surface area contributed by atoms with E-state index in [1.807, 2.05) is 24.3 Å². The van der Waals surface area contributed by atoms with Crippen molar-refractivity contribution >= 4 is 16.9 Å². The van der Waals surface area contributed by atoms with Crippen LogP contribution in [0.2, 0.25) is 0 Å². The van der Waals surface area contributed by atoms with E-state index < -0.39 is 0 Å². The number of benzene rings is 2. The molecule has 1 aromatic heterocycles. The molecule has 2 atom stereocenters. The number of likely N-dealkylation sites (tertiary alicyclic amines) is 1.